The van der Waals surface area contributed by atoms with Crippen LogP contribution in [-0.2, 0) is 12.6 Å². The van der Waals surface area contributed by atoms with Crippen molar-refractivity contribution < 1.29 is 13.2 Å². The summed E-state index contributed by atoms with van der Waals surface area (Å²) in [7, 11) is 0. The average molecular weight is 290 g/mol. The molecule has 0 fully saturated rings. The van der Waals surface area contributed by atoms with E-state index in [0.717, 1.165) is 34.7 Å². The number of aromatic nitrogens is 2. The maximum atomic E-state index is 12.5. The molecule has 0 aliphatic rings. The highest BCUT2D eigenvalue weighted by Gasteiger charge is 2.29. The largest absolute Gasteiger partial charge is 0.416 e. The van der Waals surface area contributed by atoms with Gasteiger partial charge in [-0.25, -0.2) is 4.98 Å². The van der Waals surface area contributed by atoms with Crippen LogP contribution in [0, 0.1) is 6.92 Å². The van der Waals surface area contributed by atoms with Crippen LogP contribution in [0.1, 0.15) is 22.6 Å². The van der Waals surface area contributed by atoms with Gasteiger partial charge >= 0.3 is 6.18 Å². The Hall–Kier alpha value is -2.30. The molecule has 3 aromatic rings. The predicted octanol–water partition coefficient (Wildman–Crippen LogP) is 4.25. The first kappa shape index (κ1) is 13.7. The SMILES string of the molecule is Cc1cccc2cnc(Cc3ccc(C(F)(F)F)cc3)n12. The number of hydrogen-bond donors (Lipinski definition) is 0. The fourth-order valence-corrected chi connectivity index (χ4v) is 2.41. The minimum Gasteiger partial charge on any atom is -0.301 e. The van der Waals surface area contributed by atoms with Crippen LogP contribution in [0.4, 0.5) is 13.2 Å². The van der Waals surface area contributed by atoms with Crippen molar-refractivity contribution in [1.82, 2.24) is 9.38 Å². The van der Waals surface area contributed by atoms with E-state index in [2.05, 4.69) is 4.98 Å². The van der Waals surface area contributed by atoms with Gasteiger partial charge < -0.3 is 4.40 Å². The maximum absolute atomic E-state index is 12.5. The number of nitrogens with zero attached hydrogens (tertiary/aromatic N) is 2. The van der Waals surface area contributed by atoms with E-state index in [4.69, 9.17) is 0 Å². The third-order valence-corrected chi connectivity index (χ3v) is 3.46. The Balaban J connectivity index is 1.92. The second kappa shape index (κ2) is 4.91. The lowest BCUT2D eigenvalue weighted by atomic mass is 10.1. The summed E-state index contributed by atoms with van der Waals surface area (Å²) in [5.74, 6) is 0.822. The number of alkyl halides is 3. The number of fused-ring (bicyclic) bond motifs is 1. The van der Waals surface area contributed by atoms with Crippen molar-refractivity contribution in [2.24, 2.45) is 0 Å². The maximum Gasteiger partial charge on any atom is 0.416 e. The summed E-state index contributed by atoms with van der Waals surface area (Å²) < 4.78 is 39.6. The summed E-state index contributed by atoms with van der Waals surface area (Å²) in [6, 6.07) is 11.1. The number of aryl methyl sites for hydroxylation is 1. The summed E-state index contributed by atoms with van der Waals surface area (Å²) in [5, 5.41) is 0. The van der Waals surface area contributed by atoms with Gasteiger partial charge in [-0.05, 0) is 36.8 Å². The van der Waals surface area contributed by atoms with Gasteiger partial charge in [0, 0.05) is 12.1 Å². The number of pyridine rings is 1. The summed E-state index contributed by atoms with van der Waals surface area (Å²) >= 11 is 0. The van der Waals surface area contributed by atoms with E-state index in [1.807, 2.05) is 29.5 Å². The van der Waals surface area contributed by atoms with Crippen LogP contribution < -0.4 is 0 Å². The molecule has 0 spiro atoms. The quantitative estimate of drug-likeness (QED) is 0.689. The van der Waals surface area contributed by atoms with E-state index in [9.17, 15) is 13.2 Å². The molecule has 0 radical (unpaired) electrons. The van der Waals surface area contributed by atoms with Crippen molar-refractivity contribution in [3.05, 3.63) is 71.3 Å². The molecule has 2 heterocycles. The Morgan fingerprint density at radius 3 is 2.43 bits per heavy atom. The highest BCUT2D eigenvalue weighted by atomic mass is 19.4. The van der Waals surface area contributed by atoms with Crippen LogP contribution in [0.3, 0.4) is 0 Å². The molecule has 0 saturated heterocycles. The van der Waals surface area contributed by atoms with Crippen LogP contribution in [0.25, 0.3) is 5.52 Å². The Kier molecular flexibility index (Phi) is 3.20. The van der Waals surface area contributed by atoms with Gasteiger partial charge in [0.15, 0.2) is 0 Å². The van der Waals surface area contributed by atoms with Gasteiger partial charge in [-0.1, -0.05) is 18.2 Å². The van der Waals surface area contributed by atoms with Crippen molar-refractivity contribution in [3.8, 4) is 0 Å². The fraction of sp³-hybridized carbons (Fsp3) is 0.188. The average Bonchev–Trinajstić information content (AvgIpc) is 2.83. The zero-order chi connectivity index (χ0) is 15.0. The Labute approximate surface area is 119 Å². The minimum atomic E-state index is -4.30. The Morgan fingerprint density at radius 2 is 1.76 bits per heavy atom. The van der Waals surface area contributed by atoms with Crippen LogP contribution in [0.2, 0.25) is 0 Å². The van der Waals surface area contributed by atoms with E-state index in [0.29, 0.717) is 6.42 Å². The van der Waals surface area contributed by atoms with Gasteiger partial charge in [0.2, 0.25) is 0 Å². The molecular formula is C16H13F3N2. The summed E-state index contributed by atoms with van der Waals surface area (Å²) in [6.07, 6.45) is -2.03. The number of benzene rings is 1. The van der Waals surface area contributed by atoms with Crippen LogP contribution >= 0.6 is 0 Å². The van der Waals surface area contributed by atoms with Crippen LogP contribution in [0.5, 0.6) is 0 Å². The number of imidazole rings is 1. The third-order valence-electron chi connectivity index (χ3n) is 3.46. The summed E-state index contributed by atoms with van der Waals surface area (Å²) in [5.41, 5.74) is 2.21. The third kappa shape index (κ3) is 2.63. The first-order valence-corrected chi connectivity index (χ1v) is 6.53. The lowest BCUT2D eigenvalue weighted by Gasteiger charge is -2.08. The van der Waals surface area contributed by atoms with E-state index in [1.54, 1.807) is 6.20 Å². The molecule has 0 saturated carbocycles. The molecule has 5 heteroatoms. The van der Waals surface area contributed by atoms with Crippen molar-refractivity contribution in [2.75, 3.05) is 0 Å². The molecule has 0 bridgehead atoms. The lowest BCUT2D eigenvalue weighted by Crippen LogP contribution is -2.05. The molecule has 0 aliphatic heterocycles. The van der Waals surface area contributed by atoms with Crippen molar-refractivity contribution >= 4 is 5.52 Å². The molecule has 2 nitrogen and oxygen atoms in total. The van der Waals surface area contributed by atoms with Crippen molar-refractivity contribution in [2.45, 2.75) is 19.5 Å². The molecule has 1 aromatic carbocycles. The molecule has 2 aromatic heterocycles. The predicted molar refractivity (Wildman–Crippen MR) is 74.2 cm³/mol. The summed E-state index contributed by atoms with van der Waals surface area (Å²) in [6.45, 7) is 1.98. The van der Waals surface area contributed by atoms with Crippen LogP contribution in [-0.4, -0.2) is 9.38 Å². The standard InChI is InChI=1S/C16H13F3N2/c1-11-3-2-4-14-10-20-15(21(11)14)9-12-5-7-13(8-6-12)16(17,18)19/h2-8,10H,9H2,1H3. The normalized spacial score (nSPS) is 12.0. The van der Waals surface area contributed by atoms with Crippen LogP contribution in [0.15, 0.2) is 48.7 Å². The Bertz CT molecular complexity index is 770. The zero-order valence-electron chi connectivity index (χ0n) is 11.4. The van der Waals surface area contributed by atoms with E-state index < -0.39 is 11.7 Å². The second-order valence-electron chi connectivity index (χ2n) is 4.97. The number of halogens is 3. The summed E-state index contributed by atoms with van der Waals surface area (Å²) in [4.78, 5) is 4.36. The minimum absolute atomic E-state index is 0.497. The topological polar surface area (TPSA) is 17.3 Å². The van der Waals surface area contributed by atoms with Gasteiger partial charge in [-0.2, -0.15) is 13.2 Å². The molecule has 108 valence electrons. The molecule has 0 aliphatic carbocycles. The molecular weight excluding hydrogens is 277 g/mol. The fourth-order valence-electron chi connectivity index (χ4n) is 2.41. The smallest absolute Gasteiger partial charge is 0.301 e. The highest BCUT2D eigenvalue weighted by Crippen LogP contribution is 2.29. The van der Waals surface area contributed by atoms with E-state index >= 15 is 0 Å². The molecule has 0 unspecified atom stereocenters. The molecule has 0 atom stereocenters. The van der Waals surface area contributed by atoms with E-state index in [1.165, 1.54) is 12.1 Å². The zero-order valence-corrected chi connectivity index (χ0v) is 11.4. The first-order valence-electron chi connectivity index (χ1n) is 6.53. The van der Waals surface area contributed by atoms with Crippen molar-refractivity contribution in [3.63, 3.8) is 0 Å². The van der Waals surface area contributed by atoms with Gasteiger partial charge in [0.05, 0.1) is 17.3 Å². The van der Waals surface area contributed by atoms with Gasteiger partial charge in [-0.15, -0.1) is 0 Å². The van der Waals surface area contributed by atoms with Gasteiger partial charge in [0.25, 0.3) is 0 Å². The molecule has 3 rings (SSSR count). The number of hydrogen-bond acceptors (Lipinski definition) is 1. The highest BCUT2D eigenvalue weighted by molar-refractivity contribution is 5.47. The first-order chi connectivity index (χ1) is 9.95. The monoisotopic (exact) mass is 290 g/mol. The second-order valence-corrected chi connectivity index (χ2v) is 4.97. The van der Waals surface area contributed by atoms with Gasteiger partial charge in [-0.3, -0.25) is 0 Å². The number of rotatable bonds is 2. The van der Waals surface area contributed by atoms with Gasteiger partial charge in [0.1, 0.15) is 5.82 Å². The molecule has 0 amide bonds. The molecule has 21 heavy (non-hydrogen) atoms. The van der Waals surface area contributed by atoms with Crippen molar-refractivity contribution in [1.29, 1.82) is 0 Å². The molecule has 0 N–H and O–H groups in total. The lowest BCUT2D eigenvalue weighted by molar-refractivity contribution is -0.137. The Morgan fingerprint density at radius 1 is 1.05 bits per heavy atom. The van der Waals surface area contributed by atoms with E-state index in [-0.39, 0.29) is 0 Å².